The average molecular weight is 1170 g/mol. The molecule has 4 aromatic carbocycles. The summed E-state index contributed by atoms with van der Waals surface area (Å²) in [6.45, 7) is 11.7. The molecule has 0 bridgehead atoms. The number of carbonyl (C=O) groups excluding carboxylic acids is 6. The van der Waals surface area contributed by atoms with Crippen molar-refractivity contribution in [1.82, 2.24) is 49.8 Å². The molecule has 2 N–H and O–H groups in total. The van der Waals surface area contributed by atoms with Crippen molar-refractivity contribution in [3.63, 3.8) is 0 Å². The van der Waals surface area contributed by atoms with E-state index in [4.69, 9.17) is 4.74 Å². The van der Waals surface area contributed by atoms with Crippen LogP contribution in [0.1, 0.15) is 115 Å². The van der Waals surface area contributed by atoms with Crippen molar-refractivity contribution in [1.29, 1.82) is 0 Å². The second-order valence-corrected chi connectivity index (χ2v) is 24.6. The number of piperazine rings is 2. The molecule has 6 amide bonds. The Labute approximate surface area is 493 Å². The van der Waals surface area contributed by atoms with Gasteiger partial charge in [-0.25, -0.2) is 23.1 Å². The summed E-state index contributed by atoms with van der Waals surface area (Å²) in [4.78, 5) is 107. The van der Waals surface area contributed by atoms with Crippen LogP contribution in [0.25, 0.3) is 10.8 Å². The maximum absolute atomic E-state index is 15.2. The highest BCUT2D eigenvalue weighted by atomic mass is 19.1. The Balaban J connectivity index is 0.654. The summed E-state index contributed by atoms with van der Waals surface area (Å²) in [5.41, 5.74) is 1.40. The largest absolute Gasteiger partial charge is 0.444 e. The maximum Gasteiger partial charge on any atom is 0.411 e. The Morgan fingerprint density at radius 3 is 2.11 bits per heavy atom. The summed E-state index contributed by atoms with van der Waals surface area (Å²) in [6.07, 6.45) is 6.17. The first-order chi connectivity index (χ1) is 40.8. The number of H-pyrrole nitrogens is 1. The Kier molecular flexibility index (Phi) is 19.0. The lowest BCUT2D eigenvalue weighted by molar-refractivity contribution is -0.137. The fourth-order valence-electron chi connectivity index (χ4n) is 12.5. The SMILES string of the molecule is CC(C)(C)OC(=O)N(CC(=O)N1CC(c2cccc(C(=O)N[C@@H](C(=O)N3CCN(CC4CCN(CC(=O)N5CCN(C(=O)c6cc(Cc7n[nH]c(=O)c8ccccc78)ccc6F)CC5)CC4)CC3)C3CCCCC3)c2)C1)Cc1ccc(F)cc1F. The van der Waals surface area contributed by atoms with Crippen LogP contribution in [0, 0.1) is 29.3 Å². The molecule has 1 aliphatic carbocycles. The summed E-state index contributed by atoms with van der Waals surface area (Å²) < 4.78 is 49.0. The van der Waals surface area contributed by atoms with Crippen LogP contribution in [0.5, 0.6) is 0 Å². The number of aromatic amines is 1. The van der Waals surface area contributed by atoms with E-state index in [2.05, 4.69) is 25.3 Å². The second-order valence-electron chi connectivity index (χ2n) is 24.6. The highest BCUT2D eigenvalue weighted by molar-refractivity contribution is 5.98. The predicted octanol–water partition coefficient (Wildman–Crippen LogP) is 6.81. The third-order valence-corrected chi connectivity index (χ3v) is 17.5. The van der Waals surface area contributed by atoms with Gasteiger partial charge < -0.3 is 29.7 Å². The van der Waals surface area contributed by atoms with Gasteiger partial charge in [0.05, 0.1) is 29.7 Å². The summed E-state index contributed by atoms with van der Waals surface area (Å²) >= 11 is 0. The molecule has 1 atom stereocenters. The molecule has 4 aliphatic heterocycles. The van der Waals surface area contributed by atoms with Crippen LogP contribution in [-0.4, -0.2) is 190 Å². The van der Waals surface area contributed by atoms with Crippen LogP contribution in [0.3, 0.4) is 0 Å². The molecule has 1 saturated carbocycles. The Morgan fingerprint density at radius 1 is 0.706 bits per heavy atom. The number of rotatable bonds is 16. The maximum atomic E-state index is 15.2. The van der Waals surface area contributed by atoms with Crippen molar-refractivity contribution in [2.24, 2.45) is 11.8 Å². The normalized spacial score (nSPS) is 18.2. The Morgan fingerprint density at radius 2 is 1.40 bits per heavy atom. The fourth-order valence-corrected chi connectivity index (χ4v) is 12.5. The summed E-state index contributed by atoms with van der Waals surface area (Å²) in [7, 11) is 0. The zero-order chi connectivity index (χ0) is 59.9. The van der Waals surface area contributed by atoms with Gasteiger partial charge in [0.15, 0.2) is 0 Å². The Bertz CT molecular complexity index is 3320. The summed E-state index contributed by atoms with van der Waals surface area (Å²) in [6, 6.07) is 21.2. The molecule has 452 valence electrons. The topological polar surface area (TPSA) is 192 Å². The van der Waals surface area contributed by atoms with E-state index in [1.54, 1.807) is 71.9 Å². The van der Waals surface area contributed by atoms with Gasteiger partial charge in [0.2, 0.25) is 17.7 Å². The smallest absolute Gasteiger partial charge is 0.411 e. The highest BCUT2D eigenvalue weighted by Crippen LogP contribution is 2.31. The molecule has 5 fully saturated rings. The lowest BCUT2D eigenvalue weighted by atomic mass is 9.83. The second kappa shape index (κ2) is 26.7. The van der Waals surface area contributed by atoms with Gasteiger partial charge in [0.25, 0.3) is 17.4 Å². The van der Waals surface area contributed by atoms with Gasteiger partial charge >= 0.3 is 6.09 Å². The van der Waals surface area contributed by atoms with Gasteiger partial charge in [-0.15, -0.1) is 0 Å². The molecular weight excluding hydrogens is 1090 g/mol. The third-order valence-electron chi connectivity index (χ3n) is 17.5. The highest BCUT2D eigenvalue weighted by Gasteiger charge is 2.38. The van der Waals surface area contributed by atoms with E-state index in [0.29, 0.717) is 98.8 Å². The Hall–Kier alpha value is -7.65. The van der Waals surface area contributed by atoms with E-state index in [-0.39, 0.29) is 65.2 Å². The van der Waals surface area contributed by atoms with Gasteiger partial charge in [0, 0.05) is 107 Å². The fraction of sp³-hybridized carbons (Fsp3) is 0.500. The number of carbonyl (C=O) groups is 6. The molecule has 5 heterocycles. The number of piperidine rings is 1. The number of fused-ring (bicyclic) bond motifs is 1. The summed E-state index contributed by atoms with van der Waals surface area (Å²) in [5.74, 6) is -3.00. The van der Waals surface area contributed by atoms with Crippen LogP contribution in [0.4, 0.5) is 18.0 Å². The lowest BCUT2D eigenvalue weighted by Crippen LogP contribution is -2.57. The molecule has 10 rings (SSSR count). The number of benzene rings is 4. The predicted molar refractivity (Wildman–Crippen MR) is 313 cm³/mol. The minimum Gasteiger partial charge on any atom is -0.444 e. The molecular formula is C64H77F3N10O8. The molecule has 5 aromatic rings. The number of aromatic nitrogens is 2. The first-order valence-electron chi connectivity index (χ1n) is 30.0. The minimum atomic E-state index is -0.876. The molecule has 0 spiro atoms. The molecule has 5 aliphatic rings. The van der Waals surface area contributed by atoms with Crippen molar-refractivity contribution in [2.75, 3.05) is 98.2 Å². The van der Waals surface area contributed by atoms with Crippen LogP contribution in [0.2, 0.25) is 0 Å². The van der Waals surface area contributed by atoms with Crippen molar-refractivity contribution in [2.45, 2.75) is 96.2 Å². The van der Waals surface area contributed by atoms with Crippen LogP contribution >= 0.6 is 0 Å². The number of ether oxygens (including phenoxy) is 1. The zero-order valence-corrected chi connectivity index (χ0v) is 48.8. The number of halogens is 3. The van der Waals surface area contributed by atoms with Gasteiger partial charge in [-0.05, 0) is 119 Å². The van der Waals surface area contributed by atoms with Crippen LogP contribution < -0.4 is 10.9 Å². The number of amides is 6. The average Bonchev–Trinajstić information content (AvgIpc) is 3.54. The van der Waals surface area contributed by atoms with Crippen molar-refractivity contribution in [3.8, 4) is 0 Å². The number of nitrogens with one attached hydrogen (secondary N) is 2. The van der Waals surface area contributed by atoms with Gasteiger partial charge in [-0.2, -0.15) is 5.10 Å². The quantitative estimate of drug-likeness (QED) is 0.106. The van der Waals surface area contributed by atoms with Crippen molar-refractivity contribution in [3.05, 3.63) is 146 Å². The third kappa shape index (κ3) is 15.1. The van der Waals surface area contributed by atoms with E-state index >= 15 is 4.39 Å². The summed E-state index contributed by atoms with van der Waals surface area (Å²) in [5, 5.41) is 11.1. The number of nitrogens with zero attached hydrogens (tertiary/aromatic N) is 8. The molecule has 85 heavy (non-hydrogen) atoms. The van der Waals surface area contributed by atoms with E-state index in [0.717, 1.165) is 100 Å². The first-order valence-corrected chi connectivity index (χ1v) is 30.0. The standard InChI is InChI=1S/C64H77F3N10O8/c1-64(2,3)85-63(84)77(37-47-17-18-49(65)35-54(47)67)41-57(79)76-38-48(39-76)45-12-9-13-46(34-45)59(80)68-58(44-10-5-4-6-11-44)62(83)75-26-24-72(25-27-75)36-42-20-22-71(23-21-42)40-56(78)73-28-30-74(31-29-73)61(82)52-32-43(16-19-53(52)66)33-55-50-14-7-8-15-51(50)60(81)70-69-55/h7-9,12-19,32,34-35,42,44,48,58H,4-6,10-11,20-31,33,36-41H2,1-3H3,(H,68,80)(H,70,81)/t58-/m1/s1. The lowest BCUT2D eigenvalue weighted by Gasteiger charge is -2.41. The van der Waals surface area contributed by atoms with Gasteiger partial charge in [-0.1, -0.05) is 61.7 Å². The van der Waals surface area contributed by atoms with Gasteiger partial charge in [-0.3, -0.25) is 43.5 Å². The van der Waals surface area contributed by atoms with Crippen LogP contribution in [0.15, 0.2) is 89.7 Å². The van der Waals surface area contributed by atoms with E-state index in [1.165, 1.54) is 12.1 Å². The van der Waals surface area contributed by atoms with Gasteiger partial charge in [0.1, 0.15) is 35.6 Å². The number of hydrogen-bond donors (Lipinski definition) is 2. The van der Waals surface area contributed by atoms with Crippen LogP contribution in [-0.2, 0) is 32.1 Å². The molecule has 0 radical (unpaired) electrons. The monoisotopic (exact) mass is 1170 g/mol. The molecule has 1 aromatic heterocycles. The van der Waals surface area contributed by atoms with Crippen molar-refractivity contribution < 1.29 is 46.7 Å². The number of likely N-dealkylation sites (tertiary alicyclic amines) is 2. The zero-order valence-electron chi connectivity index (χ0n) is 48.8. The molecule has 0 unspecified atom stereocenters. The number of hydrogen-bond acceptors (Lipinski definition) is 11. The molecule has 4 saturated heterocycles. The molecule has 18 nitrogen and oxygen atoms in total. The van der Waals surface area contributed by atoms with Crippen molar-refractivity contribution >= 4 is 46.4 Å². The van der Waals surface area contributed by atoms with E-state index in [9.17, 15) is 42.3 Å². The van der Waals surface area contributed by atoms with E-state index < -0.39 is 41.1 Å². The minimum absolute atomic E-state index is 0.0120. The first kappa shape index (κ1) is 60.5. The van der Waals surface area contributed by atoms with E-state index in [1.807, 2.05) is 29.2 Å². The molecule has 21 heteroatoms.